The number of hydrogen-bond acceptors (Lipinski definition) is 6. The van der Waals surface area contributed by atoms with Crippen LogP contribution in [0.15, 0.2) is 82.3 Å². The molecule has 3 heterocycles. The van der Waals surface area contributed by atoms with Crippen LogP contribution in [0.4, 0.5) is 0 Å². The number of benzene rings is 2. The largest absolute Gasteiger partial charge is 0.465 e. The van der Waals surface area contributed by atoms with E-state index >= 15 is 0 Å². The molecule has 154 valence electrons. The zero-order valence-electron chi connectivity index (χ0n) is 16.5. The first-order chi connectivity index (χ1) is 15.3. The number of carbonyl (C=O) groups excluding carboxylic acids is 1. The first-order valence-corrected chi connectivity index (χ1v) is 10.9. The summed E-state index contributed by atoms with van der Waals surface area (Å²) in [6, 6.07) is 21.2. The number of nitrogens with one attached hydrogen (secondary N) is 1. The fraction of sp³-hybridized carbons (Fsp3) is 0.130. The SMILES string of the molecule is O=C(NC1CCSc2ccccc21)/C(=C/c1ccco1)n1nnnc1-c1ccccc1. The zero-order valence-corrected chi connectivity index (χ0v) is 17.3. The molecule has 0 spiro atoms. The molecule has 0 fully saturated rings. The van der Waals surface area contributed by atoms with Crippen molar-refractivity contribution in [2.24, 2.45) is 0 Å². The number of carbonyl (C=O) groups is 1. The molecule has 0 saturated carbocycles. The molecule has 1 N–H and O–H groups in total. The first-order valence-electron chi connectivity index (χ1n) is 9.91. The summed E-state index contributed by atoms with van der Waals surface area (Å²) in [4.78, 5) is 14.7. The highest BCUT2D eigenvalue weighted by atomic mass is 32.2. The maximum Gasteiger partial charge on any atom is 0.270 e. The molecule has 5 rings (SSSR count). The number of amides is 1. The molecular formula is C23H19N5O2S. The summed E-state index contributed by atoms with van der Waals surface area (Å²) in [5.74, 6) is 1.69. The third-order valence-corrected chi connectivity index (χ3v) is 6.17. The van der Waals surface area contributed by atoms with Gasteiger partial charge in [-0.25, -0.2) is 0 Å². The molecule has 0 aliphatic carbocycles. The second-order valence-electron chi connectivity index (χ2n) is 7.03. The minimum atomic E-state index is -0.271. The van der Waals surface area contributed by atoms with Gasteiger partial charge in [0.15, 0.2) is 5.82 Å². The van der Waals surface area contributed by atoms with Gasteiger partial charge in [-0.3, -0.25) is 4.79 Å². The van der Waals surface area contributed by atoms with E-state index in [1.54, 1.807) is 24.5 Å². The standard InChI is InChI=1S/C23H19N5O2S/c29-23(24-19-12-14-31-21-11-5-4-10-18(19)21)20(15-17-9-6-13-30-17)28-22(25-26-27-28)16-7-2-1-3-8-16/h1-11,13,15,19H,12,14H2,(H,24,29)/b20-15-. The first kappa shape index (κ1) is 19.3. The highest BCUT2D eigenvalue weighted by molar-refractivity contribution is 7.99. The van der Waals surface area contributed by atoms with Crippen LogP contribution < -0.4 is 5.32 Å². The molecule has 1 aliphatic rings. The van der Waals surface area contributed by atoms with Gasteiger partial charge in [0, 0.05) is 22.3 Å². The average molecular weight is 430 g/mol. The Kier molecular flexibility index (Phi) is 5.37. The zero-order chi connectivity index (χ0) is 21.0. The molecule has 0 bridgehead atoms. The lowest BCUT2D eigenvalue weighted by atomic mass is 10.0. The molecule has 31 heavy (non-hydrogen) atoms. The van der Waals surface area contributed by atoms with Crippen LogP contribution in [0.1, 0.15) is 23.8 Å². The van der Waals surface area contributed by atoms with E-state index in [0.717, 1.165) is 23.3 Å². The van der Waals surface area contributed by atoms with Gasteiger partial charge < -0.3 is 9.73 Å². The fourth-order valence-electron chi connectivity index (χ4n) is 3.57. The van der Waals surface area contributed by atoms with Gasteiger partial charge in [0.2, 0.25) is 0 Å². The van der Waals surface area contributed by atoms with Crippen molar-refractivity contribution in [1.82, 2.24) is 25.5 Å². The summed E-state index contributed by atoms with van der Waals surface area (Å²) in [6.45, 7) is 0. The summed E-state index contributed by atoms with van der Waals surface area (Å²) >= 11 is 1.81. The average Bonchev–Trinajstić information content (AvgIpc) is 3.50. The van der Waals surface area contributed by atoms with E-state index in [-0.39, 0.29) is 17.6 Å². The van der Waals surface area contributed by atoms with E-state index in [1.165, 1.54) is 9.58 Å². The lowest BCUT2D eigenvalue weighted by Gasteiger charge is -2.26. The minimum Gasteiger partial charge on any atom is -0.465 e. The van der Waals surface area contributed by atoms with Gasteiger partial charge in [-0.15, -0.1) is 16.9 Å². The molecule has 1 aliphatic heterocycles. The lowest BCUT2D eigenvalue weighted by Crippen LogP contribution is -2.33. The Morgan fingerprint density at radius 3 is 2.77 bits per heavy atom. The van der Waals surface area contributed by atoms with Gasteiger partial charge in [-0.2, -0.15) is 4.68 Å². The van der Waals surface area contributed by atoms with Crippen molar-refractivity contribution < 1.29 is 9.21 Å². The molecule has 2 aromatic carbocycles. The Balaban J connectivity index is 1.52. The Morgan fingerprint density at radius 2 is 1.94 bits per heavy atom. The van der Waals surface area contributed by atoms with Crippen LogP contribution in [0.5, 0.6) is 0 Å². The summed E-state index contributed by atoms with van der Waals surface area (Å²) in [5.41, 5.74) is 2.23. The molecule has 1 atom stereocenters. The van der Waals surface area contributed by atoms with Crippen molar-refractivity contribution >= 4 is 29.4 Å². The molecule has 1 amide bonds. The Hall–Kier alpha value is -3.65. The van der Waals surface area contributed by atoms with Gasteiger partial charge in [0.25, 0.3) is 5.91 Å². The van der Waals surface area contributed by atoms with Crippen LogP contribution in [-0.2, 0) is 4.79 Å². The van der Waals surface area contributed by atoms with Gasteiger partial charge in [-0.05, 0) is 40.6 Å². The van der Waals surface area contributed by atoms with E-state index in [2.05, 4.69) is 33.0 Å². The highest BCUT2D eigenvalue weighted by Gasteiger charge is 2.26. The quantitative estimate of drug-likeness (QED) is 0.477. The minimum absolute atomic E-state index is 0.0818. The third kappa shape index (κ3) is 4.02. The number of rotatable bonds is 5. The smallest absolute Gasteiger partial charge is 0.270 e. The van der Waals surface area contributed by atoms with Crippen molar-refractivity contribution in [3.63, 3.8) is 0 Å². The molecule has 7 nitrogen and oxygen atoms in total. The maximum atomic E-state index is 13.5. The van der Waals surface area contributed by atoms with Crippen LogP contribution >= 0.6 is 11.8 Å². The number of tetrazole rings is 1. The molecule has 1 unspecified atom stereocenters. The fourth-order valence-corrected chi connectivity index (χ4v) is 4.70. The number of nitrogens with zero attached hydrogens (tertiary/aromatic N) is 4. The van der Waals surface area contributed by atoms with Crippen molar-refractivity contribution in [2.75, 3.05) is 5.75 Å². The monoisotopic (exact) mass is 429 g/mol. The Morgan fingerprint density at radius 1 is 1.10 bits per heavy atom. The predicted octanol–water partition coefficient (Wildman–Crippen LogP) is 4.28. The van der Waals surface area contributed by atoms with Gasteiger partial charge >= 0.3 is 0 Å². The number of fused-ring (bicyclic) bond motifs is 1. The number of thioether (sulfide) groups is 1. The van der Waals surface area contributed by atoms with E-state index in [9.17, 15) is 4.79 Å². The van der Waals surface area contributed by atoms with E-state index in [1.807, 2.05) is 54.2 Å². The molecule has 0 saturated heterocycles. The van der Waals surface area contributed by atoms with Gasteiger partial charge in [0.1, 0.15) is 11.5 Å². The summed E-state index contributed by atoms with van der Waals surface area (Å²) < 4.78 is 6.92. The normalized spacial score (nSPS) is 16.0. The highest BCUT2D eigenvalue weighted by Crippen LogP contribution is 2.36. The van der Waals surface area contributed by atoms with Crippen LogP contribution in [0, 0.1) is 0 Å². The van der Waals surface area contributed by atoms with Crippen LogP contribution in [0.25, 0.3) is 23.2 Å². The summed E-state index contributed by atoms with van der Waals surface area (Å²) in [6.07, 6.45) is 4.07. The van der Waals surface area contributed by atoms with Crippen LogP contribution in [-0.4, -0.2) is 31.9 Å². The number of hydrogen-bond donors (Lipinski definition) is 1. The summed E-state index contributed by atoms with van der Waals surface area (Å²) in [5, 5.41) is 15.3. The van der Waals surface area contributed by atoms with E-state index < -0.39 is 0 Å². The van der Waals surface area contributed by atoms with Crippen molar-refractivity contribution in [3.8, 4) is 11.4 Å². The van der Waals surface area contributed by atoms with E-state index in [0.29, 0.717) is 11.6 Å². The molecule has 0 radical (unpaired) electrons. The summed E-state index contributed by atoms with van der Waals surface area (Å²) in [7, 11) is 0. The van der Waals surface area contributed by atoms with Gasteiger partial charge in [0.05, 0.1) is 12.3 Å². The van der Waals surface area contributed by atoms with E-state index in [4.69, 9.17) is 4.42 Å². The second kappa shape index (κ2) is 8.61. The maximum absolute atomic E-state index is 13.5. The topological polar surface area (TPSA) is 85.8 Å². The molecule has 4 aromatic rings. The van der Waals surface area contributed by atoms with Crippen molar-refractivity contribution in [3.05, 3.63) is 84.3 Å². The number of aromatic nitrogens is 4. The van der Waals surface area contributed by atoms with Crippen LogP contribution in [0.3, 0.4) is 0 Å². The van der Waals surface area contributed by atoms with Crippen molar-refractivity contribution in [1.29, 1.82) is 0 Å². The second-order valence-corrected chi connectivity index (χ2v) is 8.16. The van der Waals surface area contributed by atoms with Crippen molar-refractivity contribution in [2.45, 2.75) is 17.4 Å². The molecule has 2 aromatic heterocycles. The predicted molar refractivity (Wildman–Crippen MR) is 119 cm³/mol. The number of furan rings is 1. The third-order valence-electron chi connectivity index (χ3n) is 5.05. The lowest BCUT2D eigenvalue weighted by molar-refractivity contribution is -0.116. The Labute approximate surface area is 183 Å². The van der Waals surface area contributed by atoms with Gasteiger partial charge in [-0.1, -0.05) is 48.5 Å². The Bertz CT molecular complexity index is 1220. The molecule has 8 heteroatoms. The van der Waals surface area contributed by atoms with Crippen LogP contribution in [0.2, 0.25) is 0 Å². The molecular weight excluding hydrogens is 410 g/mol.